The van der Waals surface area contributed by atoms with Gasteiger partial charge in [0.25, 0.3) is 0 Å². The number of thioether (sulfide) groups is 1. The van der Waals surface area contributed by atoms with Crippen LogP contribution in [0.5, 0.6) is 5.75 Å². The SMILES string of the molecule is CC(=O)c1cccc(OC[C@@H](O)CNC2(CO)CCSCC2)c1. The number of aliphatic hydroxyl groups is 2. The molecule has 0 spiro atoms. The minimum absolute atomic E-state index is 0.0160. The monoisotopic (exact) mass is 339 g/mol. The van der Waals surface area contributed by atoms with Crippen LogP contribution in [0, 0.1) is 0 Å². The first kappa shape index (κ1) is 18.3. The summed E-state index contributed by atoms with van der Waals surface area (Å²) in [6.07, 6.45) is 1.14. The summed E-state index contributed by atoms with van der Waals surface area (Å²) in [6.45, 7) is 2.11. The number of β-amino-alcohol motifs (C(OH)–C–C–N with tert-alkyl or cyclic N) is 1. The molecular weight excluding hydrogens is 314 g/mol. The lowest BCUT2D eigenvalue weighted by atomic mass is 9.93. The molecule has 5 nitrogen and oxygen atoms in total. The van der Waals surface area contributed by atoms with Crippen molar-refractivity contribution in [3.63, 3.8) is 0 Å². The summed E-state index contributed by atoms with van der Waals surface area (Å²) in [4.78, 5) is 11.3. The standard InChI is InChI=1S/C17H25NO4S/c1-13(20)14-3-2-4-16(9-14)22-11-15(21)10-18-17(12-19)5-7-23-8-6-17/h2-4,9,15,18-19,21H,5-8,10-12H2,1H3/t15-/m0/s1. The summed E-state index contributed by atoms with van der Waals surface area (Å²) >= 11 is 1.89. The number of carbonyl (C=O) groups is 1. The zero-order valence-corrected chi connectivity index (χ0v) is 14.3. The largest absolute Gasteiger partial charge is 0.491 e. The summed E-state index contributed by atoms with van der Waals surface area (Å²) in [5, 5.41) is 23.0. The van der Waals surface area contributed by atoms with Crippen molar-refractivity contribution in [2.75, 3.05) is 31.3 Å². The first-order valence-corrected chi connectivity index (χ1v) is 9.06. The summed E-state index contributed by atoms with van der Waals surface area (Å²) < 4.78 is 5.56. The van der Waals surface area contributed by atoms with Gasteiger partial charge in [-0.2, -0.15) is 11.8 Å². The highest BCUT2D eigenvalue weighted by atomic mass is 32.2. The Morgan fingerprint density at radius 3 is 2.83 bits per heavy atom. The molecule has 1 heterocycles. The lowest BCUT2D eigenvalue weighted by molar-refractivity contribution is 0.0811. The lowest BCUT2D eigenvalue weighted by Crippen LogP contribution is -2.53. The van der Waals surface area contributed by atoms with Crippen molar-refractivity contribution in [3.05, 3.63) is 29.8 Å². The van der Waals surface area contributed by atoms with E-state index in [9.17, 15) is 15.0 Å². The third-order valence-electron chi connectivity index (χ3n) is 4.15. The van der Waals surface area contributed by atoms with E-state index in [4.69, 9.17) is 4.74 Å². The van der Waals surface area contributed by atoms with Crippen LogP contribution in [0.2, 0.25) is 0 Å². The number of ketones is 1. The van der Waals surface area contributed by atoms with E-state index >= 15 is 0 Å². The van der Waals surface area contributed by atoms with Crippen molar-refractivity contribution in [3.8, 4) is 5.75 Å². The molecule has 0 aliphatic carbocycles. The maximum Gasteiger partial charge on any atom is 0.159 e. The molecule has 2 rings (SSSR count). The van der Waals surface area contributed by atoms with E-state index in [1.165, 1.54) is 6.92 Å². The molecule has 6 heteroatoms. The fourth-order valence-corrected chi connectivity index (χ4v) is 3.82. The third-order valence-corrected chi connectivity index (χ3v) is 5.13. The van der Waals surface area contributed by atoms with Gasteiger partial charge in [-0.25, -0.2) is 0 Å². The number of Topliss-reactive ketones (excluding diaryl/α,β-unsaturated/α-hetero) is 1. The van der Waals surface area contributed by atoms with Gasteiger partial charge in [-0.3, -0.25) is 4.79 Å². The second-order valence-electron chi connectivity index (χ2n) is 5.98. The second kappa shape index (κ2) is 8.68. The molecule has 0 saturated carbocycles. The van der Waals surface area contributed by atoms with Gasteiger partial charge >= 0.3 is 0 Å². The van der Waals surface area contributed by atoms with E-state index in [1.807, 2.05) is 11.8 Å². The highest BCUT2D eigenvalue weighted by Gasteiger charge is 2.31. The number of hydrogen-bond acceptors (Lipinski definition) is 6. The maximum atomic E-state index is 11.3. The normalized spacial score (nSPS) is 18.4. The Morgan fingerprint density at radius 1 is 1.43 bits per heavy atom. The van der Waals surface area contributed by atoms with Crippen molar-refractivity contribution < 1.29 is 19.7 Å². The van der Waals surface area contributed by atoms with Crippen molar-refractivity contribution >= 4 is 17.5 Å². The second-order valence-corrected chi connectivity index (χ2v) is 7.21. The van der Waals surface area contributed by atoms with E-state index in [2.05, 4.69) is 5.32 Å². The molecule has 0 amide bonds. The Kier molecular flexibility index (Phi) is 6.89. The molecule has 1 saturated heterocycles. The van der Waals surface area contributed by atoms with Crippen LogP contribution in [0.1, 0.15) is 30.1 Å². The molecule has 0 unspecified atom stereocenters. The molecular formula is C17H25NO4S. The van der Waals surface area contributed by atoms with Crippen LogP contribution in [0.25, 0.3) is 0 Å². The van der Waals surface area contributed by atoms with E-state index in [0.29, 0.717) is 17.9 Å². The topological polar surface area (TPSA) is 78.8 Å². The summed E-state index contributed by atoms with van der Waals surface area (Å²) in [5.74, 6) is 2.61. The van der Waals surface area contributed by atoms with Crippen LogP contribution < -0.4 is 10.1 Å². The number of rotatable bonds is 8. The predicted molar refractivity (Wildman–Crippen MR) is 92.3 cm³/mol. The van der Waals surface area contributed by atoms with Gasteiger partial charge in [-0.1, -0.05) is 12.1 Å². The molecule has 0 radical (unpaired) electrons. The highest BCUT2D eigenvalue weighted by Crippen LogP contribution is 2.26. The van der Waals surface area contributed by atoms with Crippen LogP contribution in [-0.2, 0) is 0 Å². The molecule has 1 aliphatic heterocycles. The molecule has 128 valence electrons. The summed E-state index contributed by atoms with van der Waals surface area (Å²) in [5.41, 5.74) is 0.315. The third kappa shape index (κ3) is 5.49. The van der Waals surface area contributed by atoms with Crippen molar-refractivity contribution in [1.82, 2.24) is 5.32 Å². The Bertz CT molecular complexity index is 517. The average molecular weight is 339 g/mol. The van der Waals surface area contributed by atoms with Gasteiger partial charge in [-0.15, -0.1) is 0 Å². The van der Waals surface area contributed by atoms with Gasteiger partial charge < -0.3 is 20.3 Å². The zero-order chi connectivity index (χ0) is 16.7. The number of nitrogens with one attached hydrogen (secondary N) is 1. The van der Waals surface area contributed by atoms with Crippen LogP contribution in [-0.4, -0.2) is 58.9 Å². The molecule has 1 aromatic rings. The maximum absolute atomic E-state index is 11.3. The van der Waals surface area contributed by atoms with Crippen LogP contribution in [0.15, 0.2) is 24.3 Å². The van der Waals surface area contributed by atoms with Gasteiger partial charge in [0.05, 0.1) is 6.61 Å². The number of aliphatic hydroxyl groups excluding tert-OH is 2. The molecule has 0 bridgehead atoms. The average Bonchev–Trinajstić information content (AvgIpc) is 2.59. The number of carbonyl (C=O) groups excluding carboxylic acids is 1. The summed E-state index contributed by atoms with van der Waals surface area (Å²) in [7, 11) is 0. The molecule has 1 aliphatic rings. The lowest BCUT2D eigenvalue weighted by Gasteiger charge is -2.37. The van der Waals surface area contributed by atoms with E-state index in [1.54, 1.807) is 24.3 Å². The zero-order valence-electron chi connectivity index (χ0n) is 13.5. The number of hydrogen-bond donors (Lipinski definition) is 3. The van der Waals surface area contributed by atoms with Crippen LogP contribution in [0.4, 0.5) is 0 Å². The Hall–Kier alpha value is -1.08. The smallest absolute Gasteiger partial charge is 0.159 e. The van der Waals surface area contributed by atoms with Gasteiger partial charge in [0.2, 0.25) is 0 Å². The number of ether oxygens (including phenoxy) is 1. The fourth-order valence-electron chi connectivity index (χ4n) is 2.54. The number of benzene rings is 1. The van der Waals surface area contributed by atoms with E-state index in [-0.39, 0.29) is 24.5 Å². The van der Waals surface area contributed by atoms with Gasteiger partial charge in [0.1, 0.15) is 18.5 Å². The van der Waals surface area contributed by atoms with Crippen molar-refractivity contribution in [1.29, 1.82) is 0 Å². The van der Waals surface area contributed by atoms with E-state index in [0.717, 1.165) is 24.3 Å². The predicted octanol–water partition coefficient (Wildman–Crippen LogP) is 1.48. The molecule has 3 N–H and O–H groups in total. The molecule has 23 heavy (non-hydrogen) atoms. The Morgan fingerprint density at radius 2 is 2.17 bits per heavy atom. The molecule has 1 atom stereocenters. The Labute approximate surface area is 141 Å². The molecule has 0 aromatic heterocycles. The van der Waals surface area contributed by atoms with Gasteiger partial charge in [-0.05, 0) is 43.4 Å². The van der Waals surface area contributed by atoms with Crippen LogP contribution in [0.3, 0.4) is 0 Å². The van der Waals surface area contributed by atoms with Crippen molar-refractivity contribution in [2.45, 2.75) is 31.4 Å². The van der Waals surface area contributed by atoms with E-state index < -0.39 is 6.10 Å². The first-order valence-electron chi connectivity index (χ1n) is 7.90. The minimum Gasteiger partial charge on any atom is -0.491 e. The summed E-state index contributed by atoms with van der Waals surface area (Å²) in [6, 6.07) is 6.94. The quantitative estimate of drug-likeness (QED) is 0.623. The molecule has 1 fully saturated rings. The van der Waals surface area contributed by atoms with Gasteiger partial charge in [0, 0.05) is 17.6 Å². The molecule has 1 aromatic carbocycles. The highest BCUT2D eigenvalue weighted by molar-refractivity contribution is 7.99. The Balaban J connectivity index is 1.79. The van der Waals surface area contributed by atoms with Gasteiger partial charge in [0.15, 0.2) is 5.78 Å². The fraction of sp³-hybridized carbons (Fsp3) is 0.588. The van der Waals surface area contributed by atoms with Crippen molar-refractivity contribution in [2.24, 2.45) is 0 Å². The first-order chi connectivity index (χ1) is 11.0. The van der Waals surface area contributed by atoms with Crippen LogP contribution >= 0.6 is 11.8 Å². The minimum atomic E-state index is -0.672.